The van der Waals surface area contributed by atoms with Crippen molar-refractivity contribution in [1.29, 1.82) is 0 Å². The van der Waals surface area contributed by atoms with Crippen LogP contribution in [-0.4, -0.2) is 46.0 Å². The number of hydrogen-bond acceptors (Lipinski definition) is 6. The minimum absolute atomic E-state index is 0.196. The number of rotatable bonds is 5. The first-order valence-electron chi connectivity index (χ1n) is 8.03. The number of hydrogen-bond donors (Lipinski definition) is 1. The monoisotopic (exact) mass is 409 g/mol. The average Bonchev–Trinajstić information content (AvgIpc) is 2.96. The Bertz CT molecular complexity index is 760. The minimum atomic E-state index is -0.860. The summed E-state index contributed by atoms with van der Waals surface area (Å²) < 4.78 is 12.3. The van der Waals surface area contributed by atoms with E-state index in [1.54, 1.807) is 18.7 Å². The maximum Gasteiger partial charge on any atom is 0.360 e. The molecule has 134 valence electrons. The second-order valence-electron chi connectivity index (χ2n) is 5.68. The standard InChI is InChI=1S/C17H20BrN3O4/c1-3-25-17(23)14-13(18)15-16(22)20(8-9-21(15)19-14)10-11-4-6-12(24-2)7-5-11/h4-7,16,22H,3,8-10H2,1-2H3. The lowest BCUT2D eigenvalue weighted by molar-refractivity contribution is -0.0296. The third-order valence-corrected chi connectivity index (χ3v) is 4.92. The van der Waals surface area contributed by atoms with Gasteiger partial charge in [-0.1, -0.05) is 12.1 Å². The van der Waals surface area contributed by atoms with E-state index in [1.165, 1.54) is 0 Å². The lowest BCUT2D eigenvalue weighted by Crippen LogP contribution is -2.38. The SMILES string of the molecule is CCOC(=O)c1nn2c(c1Br)C(O)N(Cc1ccc(OC)cc1)CC2. The van der Waals surface area contributed by atoms with Gasteiger partial charge in [0, 0.05) is 13.1 Å². The normalized spacial score (nSPS) is 17.2. The van der Waals surface area contributed by atoms with E-state index in [1.807, 2.05) is 29.2 Å². The lowest BCUT2D eigenvalue weighted by Gasteiger charge is -2.32. The van der Waals surface area contributed by atoms with Crippen LogP contribution < -0.4 is 4.74 Å². The molecule has 3 rings (SSSR count). The number of ether oxygens (including phenoxy) is 2. The van der Waals surface area contributed by atoms with Crippen molar-refractivity contribution in [1.82, 2.24) is 14.7 Å². The van der Waals surface area contributed by atoms with Gasteiger partial charge in [-0.15, -0.1) is 0 Å². The molecule has 0 saturated heterocycles. The molecule has 25 heavy (non-hydrogen) atoms. The first-order valence-corrected chi connectivity index (χ1v) is 8.82. The first-order chi connectivity index (χ1) is 12.0. The van der Waals surface area contributed by atoms with Crippen LogP contribution in [-0.2, 0) is 17.8 Å². The van der Waals surface area contributed by atoms with Crippen LogP contribution in [0.1, 0.15) is 34.9 Å². The Kier molecular flexibility index (Phi) is 5.41. The average molecular weight is 410 g/mol. The molecule has 8 heteroatoms. The Labute approximate surface area is 154 Å². The molecular weight excluding hydrogens is 390 g/mol. The van der Waals surface area contributed by atoms with E-state index in [9.17, 15) is 9.90 Å². The molecule has 1 aliphatic rings. The summed E-state index contributed by atoms with van der Waals surface area (Å²) in [6, 6.07) is 7.72. The second-order valence-corrected chi connectivity index (χ2v) is 6.48. The Balaban J connectivity index is 1.80. The number of carbonyl (C=O) groups excluding carboxylic acids is 1. The molecule has 0 saturated carbocycles. The minimum Gasteiger partial charge on any atom is -0.497 e. The number of carbonyl (C=O) groups is 1. The van der Waals surface area contributed by atoms with E-state index in [2.05, 4.69) is 21.0 Å². The highest BCUT2D eigenvalue weighted by Crippen LogP contribution is 2.33. The van der Waals surface area contributed by atoms with Crippen molar-refractivity contribution < 1.29 is 19.4 Å². The third kappa shape index (κ3) is 3.56. The van der Waals surface area contributed by atoms with Crippen molar-refractivity contribution in [2.45, 2.75) is 26.2 Å². The van der Waals surface area contributed by atoms with Gasteiger partial charge in [0.25, 0.3) is 0 Å². The fourth-order valence-corrected chi connectivity index (χ4v) is 3.50. The number of fused-ring (bicyclic) bond motifs is 1. The molecule has 0 amide bonds. The summed E-state index contributed by atoms with van der Waals surface area (Å²) in [5.41, 5.74) is 1.83. The van der Waals surface area contributed by atoms with Crippen LogP contribution in [0.25, 0.3) is 0 Å². The van der Waals surface area contributed by atoms with E-state index >= 15 is 0 Å². The Morgan fingerprint density at radius 3 is 2.72 bits per heavy atom. The summed E-state index contributed by atoms with van der Waals surface area (Å²) in [6.07, 6.45) is -0.860. The van der Waals surface area contributed by atoms with Gasteiger partial charge in [-0.3, -0.25) is 9.58 Å². The number of benzene rings is 1. The molecular formula is C17H20BrN3O4. The van der Waals surface area contributed by atoms with Crippen molar-refractivity contribution >= 4 is 21.9 Å². The number of methoxy groups -OCH3 is 1. The van der Waals surface area contributed by atoms with Gasteiger partial charge >= 0.3 is 5.97 Å². The highest BCUT2D eigenvalue weighted by Gasteiger charge is 2.33. The molecule has 0 fully saturated rings. The highest BCUT2D eigenvalue weighted by atomic mass is 79.9. The maximum absolute atomic E-state index is 12.0. The number of esters is 1. The number of aliphatic hydroxyl groups is 1. The zero-order valence-corrected chi connectivity index (χ0v) is 15.7. The number of nitrogens with zero attached hydrogens (tertiary/aromatic N) is 3. The molecule has 0 aliphatic carbocycles. The molecule has 1 aromatic heterocycles. The maximum atomic E-state index is 12.0. The Hall–Kier alpha value is -1.90. The van der Waals surface area contributed by atoms with Gasteiger partial charge in [0.15, 0.2) is 11.9 Å². The molecule has 1 aromatic carbocycles. The fourth-order valence-electron chi connectivity index (χ4n) is 2.85. The molecule has 0 spiro atoms. The van der Waals surface area contributed by atoms with Gasteiger partial charge in [0.2, 0.25) is 0 Å². The molecule has 2 heterocycles. The van der Waals surface area contributed by atoms with Crippen LogP contribution in [0.3, 0.4) is 0 Å². The van der Waals surface area contributed by atoms with E-state index in [-0.39, 0.29) is 12.3 Å². The van der Waals surface area contributed by atoms with Crippen LogP contribution in [0.15, 0.2) is 28.7 Å². The zero-order valence-electron chi connectivity index (χ0n) is 14.1. The molecule has 7 nitrogen and oxygen atoms in total. The van der Waals surface area contributed by atoms with E-state index in [0.717, 1.165) is 11.3 Å². The number of halogens is 1. The zero-order chi connectivity index (χ0) is 18.0. The highest BCUT2D eigenvalue weighted by molar-refractivity contribution is 9.10. The third-order valence-electron chi connectivity index (χ3n) is 4.13. The molecule has 0 radical (unpaired) electrons. The van der Waals surface area contributed by atoms with Crippen molar-refractivity contribution in [2.24, 2.45) is 0 Å². The summed E-state index contributed by atoms with van der Waals surface area (Å²) in [4.78, 5) is 13.9. The van der Waals surface area contributed by atoms with Crippen LogP contribution in [0.5, 0.6) is 5.75 Å². The predicted octanol–water partition coefficient (Wildman–Crippen LogP) is 2.34. The molecule has 1 N–H and O–H groups in total. The topological polar surface area (TPSA) is 76.8 Å². The van der Waals surface area contributed by atoms with Crippen LogP contribution in [0.4, 0.5) is 0 Å². The van der Waals surface area contributed by atoms with E-state index in [4.69, 9.17) is 9.47 Å². The lowest BCUT2D eigenvalue weighted by atomic mass is 10.1. The molecule has 1 atom stereocenters. The summed E-state index contributed by atoms with van der Waals surface area (Å²) in [5, 5.41) is 15.0. The van der Waals surface area contributed by atoms with Crippen molar-refractivity contribution in [3.63, 3.8) is 0 Å². The van der Waals surface area contributed by atoms with Crippen LogP contribution in [0, 0.1) is 0 Å². The van der Waals surface area contributed by atoms with Crippen molar-refractivity contribution in [3.8, 4) is 5.75 Å². The first kappa shape index (κ1) is 17.9. The van der Waals surface area contributed by atoms with Crippen molar-refractivity contribution in [2.75, 3.05) is 20.3 Å². The van der Waals surface area contributed by atoms with E-state index in [0.29, 0.717) is 29.8 Å². The largest absolute Gasteiger partial charge is 0.497 e. The summed E-state index contributed by atoms with van der Waals surface area (Å²) >= 11 is 3.39. The van der Waals surface area contributed by atoms with Gasteiger partial charge in [0.1, 0.15) is 5.75 Å². The Morgan fingerprint density at radius 2 is 2.08 bits per heavy atom. The smallest absolute Gasteiger partial charge is 0.360 e. The number of aromatic nitrogens is 2. The van der Waals surface area contributed by atoms with Crippen LogP contribution in [0.2, 0.25) is 0 Å². The summed E-state index contributed by atoms with van der Waals surface area (Å²) in [7, 11) is 1.63. The predicted molar refractivity (Wildman–Crippen MR) is 94.2 cm³/mol. The molecule has 2 aromatic rings. The summed E-state index contributed by atoms with van der Waals surface area (Å²) in [5.74, 6) is 0.299. The Morgan fingerprint density at radius 1 is 1.36 bits per heavy atom. The molecule has 0 bridgehead atoms. The fraction of sp³-hybridized carbons (Fsp3) is 0.412. The molecule has 1 unspecified atom stereocenters. The van der Waals surface area contributed by atoms with Crippen molar-refractivity contribution in [3.05, 3.63) is 45.7 Å². The summed E-state index contributed by atoms with van der Waals surface area (Å²) in [6.45, 7) is 3.81. The van der Waals surface area contributed by atoms with Gasteiger partial charge in [-0.2, -0.15) is 5.10 Å². The van der Waals surface area contributed by atoms with Gasteiger partial charge in [-0.25, -0.2) is 4.79 Å². The number of aliphatic hydroxyl groups excluding tert-OH is 1. The van der Waals surface area contributed by atoms with Gasteiger partial charge < -0.3 is 14.6 Å². The molecule has 1 aliphatic heterocycles. The quantitative estimate of drug-likeness (QED) is 0.763. The van der Waals surface area contributed by atoms with Gasteiger partial charge in [0.05, 0.1) is 30.4 Å². The van der Waals surface area contributed by atoms with Gasteiger partial charge in [-0.05, 0) is 40.5 Å². The van der Waals surface area contributed by atoms with Crippen LogP contribution >= 0.6 is 15.9 Å². The second kappa shape index (κ2) is 7.55. The van der Waals surface area contributed by atoms with E-state index < -0.39 is 12.2 Å².